The number of ketones is 1. The molecule has 0 bridgehead atoms. The Morgan fingerprint density at radius 1 is 1.13 bits per heavy atom. The Kier molecular flexibility index (Phi) is 6.46. The normalized spacial score (nSPS) is 15.7. The predicted octanol–water partition coefficient (Wildman–Crippen LogP) is 3.39. The lowest BCUT2D eigenvalue weighted by Gasteiger charge is -2.35. The molecular weight excluding hydrogens is 414 g/mol. The molecule has 8 heteroatoms. The van der Waals surface area contributed by atoms with Crippen molar-refractivity contribution in [3.63, 3.8) is 0 Å². The molecule has 0 unspecified atom stereocenters. The Bertz CT molecular complexity index is 1130. The lowest BCUT2D eigenvalue weighted by molar-refractivity contribution is -0.111. The Hall–Kier alpha value is -2.61. The van der Waals surface area contributed by atoms with Gasteiger partial charge in [-0.2, -0.15) is 5.10 Å². The smallest absolute Gasteiger partial charge is 0.196 e. The van der Waals surface area contributed by atoms with Crippen molar-refractivity contribution < 1.29 is 9.90 Å². The SMILES string of the molecule is CCn1c2ccccc2c2c(Cl)c(N/N=C(/C(C)=O)N3CCN(CCO)CC3)ccc21. The molecule has 2 N–H and O–H groups in total. The molecule has 0 spiro atoms. The standard InChI is InChI=1S/C23H28ClN5O2/c1-3-29-19-7-5-4-6-17(19)21-20(29)9-8-18(22(21)24)25-26-23(16(2)31)28-12-10-27(11-13-28)14-15-30/h4-9,25,30H,3,10-15H2,1-2H3/b26-23-. The average molecular weight is 442 g/mol. The van der Waals surface area contributed by atoms with Crippen molar-refractivity contribution in [3.05, 3.63) is 41.4 Å². The highest BCUT2D eigenvalue weighted by Gasteiger charge is 2.22. The zero-order chi connectivity index (χ0) is 22.0. The third-order valence-corrected chi connectivity index (χ3v) is 6.27. The molecule has 1 aliphatic rings. The molecule has 2 aromatic carbocycles. The number of hydrogen-bond acceptors (Lipinski definition) is 5. The first kappa shape index (κ1) is 21.6. The molecule has 0 atom stereocenters. The van der Waals surface area contributed by atoms with Gasteiger partial charge in [-0.05, 0) is 25.1 Å². The summed E-state index contributed by atoms with van der Waals surface area (Å²) in [6, 6.07) is 12.2. The van der Waals surface area contributed by atoms with Crippen LogP contribution in [0.25, 0.3) is 21.8 Å². The molecular formula is C23H28ClN5O2. The maximum atomic E-state index is 12.3. The van der Waals surface area contributed by atoms with Gasteiger partial charge in [0.2, 0.25) is 0 Å². The number of anilines is 1. The van der Waals surface area contributed by atoms with Gasteiger partial charge >= 0.3 is 0 Å². The minimum Gasteiger partial charge on any atom is -0.395 e. The highest BCUT2D eigenvalue weighted by Crippen LogP contribution is 2.38. The number of Topliss-reactive ketones (excluding diaryl/α,β-unsaturated/α-hetero) is 1. The van der Waals surface area contributed by atoms with Gasteiger partial charge in [0.05, 0.1) is 22.8 Å². The van der Waals surface area contributed by atoms with Gasteiger partial charge in [0.25, 0.3) is 0 Å². The summed E-state index contributed by atoms with van der Waals surface area (Å²) in [6.45, 7) is 8.25. The van der Waals surface area contributed by atoms with E-state index in [-0.39, 0.29) is 12.4 Å². The number of hydrazone groups is 1. The fraction of sp³-hybridized carbons (Fsp3) is 0.391. The number of carbonyl (C=O) groups excluding carboxylic acids is 1. The van der Waals surface area contributed by atoms with Crippen molar-refractivity contribution in [2.24, 2.45) is 5.10 Å². The molecule has 7 nitrogen and oxygen atoms in total. The highest BCUT2D eigenvalue weighted by atomic mass is 35.5. The molecule has 1 fully saturated rings. The third-order valence-electron chi connectivity index (χ3n) is 5.88. The van der Waals surface area contributed by atoms with Crippen LogP contribution in [0.4, 0.5) is 5.69 Å². The van der Waals surface area contributed by atoms with Crippen molar-refractivity contribution in [2.75, 3.05) is 44.8 Å². The lowest BCUT2D eigenvalue weighted by atomic mass is 10.1. The molecule has 3 aromatic rings. The first-order chi connectivity index (χ1) is 15.0. The van der Waals surface area contributed by atoms with Gasteiger partial charge in [0, 0.05) is 62.5 Å². The number of aliphatic hydroxyl groups is 1. The molecule has 1 aromatic heterocycles. The van der Waals surface area contributed by atoms with Gasteiger partial charge in [0.1, 0.15) is 0 Å². The van der Waals surface area contributed by atoms with Gasteiger partial charge in [-0.3, -0.25) is 15.1 Å². The van der Waals surface area contributed by atoms with Crippen molar-refractivity contribution in [1.82, 2.24) is 14.4 Å². The number of nitrogens with zero attached hydrogens (tertiary/aromatic N) is 4. The van der Waals surface area contributed by atoms with Crippen molar-refractivity contribution in [2.45, 2.75) is 20.4 Å². The maximum absolute atomic E-state index is 12.3. The summed E-state index contributed by atoms with van der Waals surface area (Å²) in [4.78, 5) is 16.4. The summed E-state index contributed by atoms with van der Waals surface area (Å²) in [6.07, 6.45) is 0. The number of nitrogens with one attached hydrogen (secondary N) is 1. The summed E-state index contributed by atoms with van der Waals surface area (Å²) >= 11 is 6.82. The quantitative estimate of drug-likeness (QED) is 0.348. The number of para-hydroxylation sites is 1. The van der Waals surface area contributed by atoms with E-state index < -0.39 is 0 Å². The van der Waals surface area contributed by atoms with Crippen LogP contribution in [0.2, 0.25) is 5.02 Å². The van der Waals surface area contributed by atoms with E-state index in [9.17, 15) is 4.79 Å². The Balaban J connectivity index is 1.64. The number of aliphatic hydroxyl groups excluding tert-OH is 1. The number of aromatic nitrogens is 1. The van der Waals surface area contributed by atoms with E-state index in [1.54, 1.807) is 0 Å². The summed E-state index contributed by atoms with van der Waals surface area (Å²) in [5, 5.41) is 16.3. The second-order valence-electron chi connectivity index (χ2n) is 7.74. The third kappa shape index (κ3) is 4.13. The van der Waals surface area contributed by atoms with Gasteiger partial charge in [0.15, 0.2) is 11.6 Å². The number of rotatable bonds is 6. The monoisotopic (exact) mass is 441 g/mol. The minimum absolute atomic E-state index is 0.0945. The van der Waals surface area contributed by atoms with Gasteiger partial charge in [-0.25, -0.2) is 0 Å². The second kappa shape index (κ2) is 9.26. The van der Waals surface area contributed by atoms with Gasteiger partial charge in [-0.15, -0.1) is 0 Å². The predicted molar refractivity (Wildman–Crippen MR) is 127 cm³/mol. The maximum Gasteiger partial charge on any atom is 0.196 e. The van der Waals surface area contributed by atoms with Crippen LogP contribution in [0.3, 0.4) is 0 Å². The molecule has 2 heterocycles. The van der Waals surface area contributed by atoms with Crippen molar-refractivity contribution >= 4 is 50.7 Å². The van der Waals surface area contributed by atoms with E-state index in [1.165, 1.54) is 6.92 Å². The summed E-state index contributed by atoms with van der Waals surface area (Å²) < 4.78 is 2.25. The summed E-state index contributed by atoms with van der Waals surface area (Å²) in [5.74, 6) is 0.304. The van der Waals surface area contributed by atoms with Crippen LogP contribution in [-0.4, -0.2) is 70.4 Å². The number of piperazine rings is 1. The van der Waals surface area contributed by atoms with Gasteiger partial charge in [-0.1, -0.05) is 29.8 Å². The Morgan fingerprint density at radius 3 is 2.55 bits per heavy atom. The first-order valence-corrected chi connectivity index (χ1v) is 11.0. The number of aryl methyl sites for hydroxylation is 1. The molecule has 164 valence electrons. The van der Waals surface area contributed by atoms with Crippen LogP contribution in [0.15, 0.2) is 41.5 Å². The number of halogens is 1. The van der Waals surface area contributed by atoms with E-state index in [4.69, 9.17) is 16.7 Å². The molecule has 0 radical (unpaired) electrons. The first-order valence-electron chi connectivity index (χ1n) is 10.7. The molecule has 1 saturated heterocycles. The lowest BCUT2D eigenvalue weighted by Crippen LogP contribution is -2.51. The van der Waals surface area contributed by atoms with E-state index in [1.807, 2.05) is 29.2 Å². The molecule has 0 saturated carbocycles. The number of β-amino-alcohol motifs (C(OH)–C–C–N with tert-alkyl or cyclic N) is 1. The fourth-order valence-corrected chi connectivity index (χ4v) is 4.64. The molecule has 4 rings (SSSR count). The number of carbonyl (C=O) groups is 1. The zero-order valence-corrected chi connectivity index (χ0v) is 18.7. The number of fused-ring (bicyclic) bond motifs is 3. The topological polar surface area (TPSA) is 73.1 Å². The number of benzene rings is 2. The number of hydrogen-bond donors (Lipinski definition) is 2. The minimum atomic E-state index is -0.0945. The molecule has 0 amide bonds. The van der Waals surface area contributed by atoms with E-state index >= 15 is 0 Å². The fourth-order valence-electron chi connectivity index (χ4n) is 4.33. The molecule has 31 heavy (non-hydrogen) atoms. The molecule has 1 aliphatic heterocycles. The number of amidine groups is 1. The van der Waals surface area contributed by atoms with Crippen LogP contribution >= 0.6 is 11.6 Å². The second-order valence-corrected chi connectivity index (χ2v) is 8.12. The van der Waals surface area contributed by atoms with Crippen LogP contribution < -0.4 is 5.43 Å². The average Bonchev–Trinajstić information content (AvgIpc) is 3.10. The van der Waals surface area contributed by atoms with E-state index in [2.05, 4.69) is 39.1 Å². The zero-order valence-electron chi connectivity index (χ0n) is 17.9. The van der Waals surface area contributed by atoms with Gasteiger partial charge < -0.3 is 14.6 Å². The Morgan fingerprint density at radius 2 is 1.87 bits per heavy atom. The van der Waals surface area contributed by atoms with Crippen LogP contribution in [-0.2, 0) is 11.3 Å². The van der Waals surface area contributed by atoms with Crippen LogP contribution in [0.5, 0.6) is 0 Å². The Labute approximate surface area is 186 Å². The highest BCUT2D eigenvalue weighted by molar-refractivity contribution is 6.41. The molecule has 0 aliphatic carbocycles. The summed E-state index contributed by atoms with van der Waals surface area (Å²) in [5.41, 5.74) is 5.94. The van der Waals surface area contributed by atoms with E-state index in [0.717, 1.165) is 41.4 Å². The van der Waals surface area contributed by atoms with Crippen LogP contribution in [0, 0.1) is 0 Å². The largest absolute Gasteiger partial charge is 0.395 e. The van der Waals surface area contributed by atoms with E-state index in [0.29, 0.717) is 36.2 Å². The van der Waals surface area contributed by atoms with Crippen molar-refractivity contribution in [3.8, 4) is 0 Å². The summed E-state index contributed by atoms with van der Waals surface area (Å²) in [7, 11) is 0. The van der Waals surface area contributed by atoms with Crippen LogP contribution in [0.1, 0.15) is 13.8 Å². The van der Waals surface area contributed by atoms with Crippen molar-refractivity contribution in [1.29, 1.82) is 0 Å².